The first-order chi connectivity index (χ1) is 15.3. The first kappa shape index (κ1) is 22.2. The summed E-state index contributed by atoms with van der Waals surface area (Å²) >= 11 is 1.21. The topological polar surface area (TPSA) is 83.4 Å². The largest absolute Gasteiger partial charge is 0.418 e. The summed E-state index contributed by atoms with van der Waals surface area (Å²) < 4.78 is 40.8. The van der Waals surface area contributed by atoms with E-state index in [1.54, 1.807) is 0 Å². The van der Waals surface area contributed by atoms with Crippen LogP contribution in [0.25, 0.3) is 10.3 Å². The van der Waals surface area contributed by atoms with Gasteiger partial charge in [0.2, 0.25) is 5.91 Å². The fourth-order valence-corrected chi connectivity index (χ4v) is 4.54. The molecule has 8 nitrogen and oxygen atoms in total. The second-order valence-corrected chi connectivity index (χ2v) is 8.32. The third-order valence-electron chi connectivity index (χ3n) is 5.28. The van der Waals surface area contributed by atoms with Crippen LogP contribution in [0.1, 0.15) is 12.5 Å². The number of carbonyl (C=O) groups is 1. The summed E-state index contributed by atoms with van der Waals surface area (Å²) in [5, 5.41) is 2.93. The number of halogens is 3. The standard InChI is InChI=1S/C20H21F3N6O2S/c1-2-27-7-9-28(10-8-27)19-26-17-16(32-19)18(31)29(12-24-17)11-15(30)25-14-6-4-3-5-13(14)20(21,22)23/h3-6,12H,2,7-11H2,1H3,(H,25,30). The molecular formula is C20H21F3N6O2S. The minimum Gasteiger partial charge on any atom is -0.345 e. The highest BCUT2D eigenvalue weighted by Gasteiger charge is 2.33. The molecule has 0 radical (unpaired) electrons. The molecule has 0 spiro atoms. The number of thiazole rings is 1. The Kier molecular flexibility index (Phi) is 6.15. The predicted octanol–water partition coefficient (Wildman–Crippen LogP) is 2.65. The number of benzene rings is 1. The monoisotopic (exact) mass is 466 g/mol. The van der Waals surface area contributed by atoms with Crippen LogP contribution in [0.3, 0.4) is 0 Å². The van der Waals surface area contributed by atoms with Crippen LogP contribution >= 0.6 is 11.3 Å². The smallest absolute Gasteiger partial charge is 0.345 e. The number of likely N-dealkylation sites (N-methyl/N-ethyl adjacent to an activating group) is 1. The molecule has 3 heterocycles. The van der Waals surface area contributed by atoms with Gasteiger partial charge in [-0.2, -0.15) is 18.2 Å². The fourth-order valence-electron chi connectivity index (χ4n) is 3.52. The van der Waals surface area contributed by atoms with E-state index in [1.165, 1.54) is 35.9 Å². The van der Waals surface area contributed by atoms with Crippen molar-refractivity contribution in [1.29, 1.82) is 0 Å². The number of amides is 1. The molecule has 1 aliphatic heterocycles. The number of hydrogen-bond donors (Lipinski definition) is 1. The van der Waals surface area contributed by atoms with Crippen LogP contribution in [-0.2, 0) is 17.5 Å². The Morgan fingerprint density at radius 3 is 2.59 bits per heavy atom. The van der Waals surface area contributed by atoms with Gasteiger partial charge in [-0.15, -0.1) is 0 Å². The van der Waals surface area contributed by atoms with Crippen molar-refractivity contribution in [2.24, 2.45) is 0 Å². The predicted molar refractivity (Wildman–Crippen MR) is 116 cm³/mol. The van der Waals surface area contributed by atoms with Crippen molar-refractivity contribution in [2.45, 2.75) is 19.6 Å². The number of aromatic nitrogens is 3. The summed E-state index contributed by atoms with van der Waals surface area (Å²) in [6.45, 7) is 6.03. The van der Waals surface area contributed by atoms with Crippen molar-refractivity contribution < 1.29 is 18.0 Å². The second kappa shape index (κ2) is 8.87. The lowest BCUT2D eigenvalue weighted by Gasteiger charge is -2.33. The van der Waals surface area contributed by atoms with Gasteiger partial charge in [-0.05, 0) is 18.7 Å². The maximum atomic E-state index is 13.1. The number of rotatable bonds is 5. The maximum Gasteiger partial charge on any atom is 0.418 e. The molecule has 12 heteroatoms. The Bertz CT molecular complexity index is 1180. The number of piperazine rings is 1. The van der Waals surface area contributed by atoms with E-state index in [2.05, 4.69) is 32.0 Å². The Morgan fingerprint density at radius 2 is 1.91 bits per heavy atom. The normalized spacial score (nSPS) is 15.3. The van der Waals surface area contributed by atoms with E-state index < -0.39 is 29.8 Å². The molecule has 0 unspecified atom stereocenters. The fraction of sp³-hybridized carbons (Fsp3) is 0.400. The summed E-state index contributed by atoms with van der Waals surface area (Å²) in [6, 6.07) is 4.68. The van der Waals surface area contributed by atoms with E-state index in [4.69, 9.17) is 0 Å². The van der Waals surface area contributed by atoms with Gasteiger partial charge in [-0.25, -0.2) is 4.98 Å². The number of alkyl halides is 3. The third-order valence-corrected chi connectivity index (χ3v) is 6.38. The van der Waals surface area contributed by atoms with Crippen molar-refractivity contribution in [3.63, 3.8) is 0 Å². The van der Waals surface area contributed by atoms with Crippen LogP contribution in [0, 0.1) is 0 Å². The van der Waals surface area contributed by atoms with Gasteiger partial charge in [0, 0.05) is 26.2 Å². The lowest BCUT2D eigenvalue weighted by Crippen LogP contribution is -2.46. The van der Waals surface area contributed by atoms with Gasteiger partial charge in [0.05, 0.1) is 11.3 Å². The van der Waals surface area contributed by atoms with E-state index in [1.807, 2.05) is 0 Å². The minimum atomic E-state index is -4.61. The van der Waals surface area contributed by atoms with Gasteiger partial charge in [0.1, 0.15) is 17.6 Å². The highest BCUT2D eigenvalue weighted by Crippen LogP contribution is 2.34. The molecule has 3 aromatic rings. The summed E-state index contributed by atoms with van der Waals surface area (Å²) in [4.78, 5) is 38.3. The van der Waals surface area contributed by atoms with Gasteiger partial charge in [0.15, 0.2) is 10.8 Å². The quantitative estimate of drug-likeness (QED) is 0.623. The molecular weight excluding hydrogens is 445 g/mol. The van der Waals surface area contributed by atoms with Crippen LogP contribution in [-0.4, -0.2) is 58.1 Å². The van der Waals surface area contributed by atoms with Crippen LogP contribution in [0.5, 0.6) is 0 Å². The molecule has 0 aliphatic carbocycles. The Balaban J connectivity index is 1.51. The number of anilines is 2. The van der Waals surface area contributed by atoms with Crippen molar-refractivity contribution >= 4 is 38.4 Å². The van der Waals surface area contributed by atoms with Crippen molar-refractivity contribution in [2.75, 3.05) is 42.9 Å². The van der Waals surface area contributed by atoms with Gasteiger partial charge < -0.3 is 15.1 Å². The summed E-state index contributed by atoms with van der Waals surface area (Å²) in [5.74, 6) is -0.759. The maximum absolute atomic E-state index is 13.1. The summed E-state index contributed by atoms with van der Waals surface area (Å²) in [6.07, 6.45) is -3.42. The van der Waals surface area contributed by atoms with E-state index in [9.17, 15) is 22.8 Å². The zero-order valence-electron chi connectivity index (χ0n) is 17.2. The Morgan fingerprint density at radius 1 is 1.19 bits per heavy atom. The highest BCUT2D eigenvalue weighted by atomic mass is 32.1. The van der Waals surface area contributed by atoms with Crippen LogP contribution in [0.2, 0.25) is 0 Å². The van der Waals surface area contributed by atoms with Gasteiger partial charge in [0.25, 0.3) is 5.56 Å². The molecule has 1 aromatic carbocycles. The molecule has 1 fully saturated rings. The van der Waals surface area contributed by atoms with Crippen LogP contribution in [0.15, 0.2) is 35.4 Å². The second-order valence-electron chi connectivity index (χ2n) is 7.34. The molecule has 1 saturated heterocycles. The highest BCUT2D eigenvalue weighted by molar-refractivity contribution is 7.22. The number of nitrogens with zero attached hydrogens (tertiary/aromatic N) is 5. The first-order valence-corrected chi connectivity index (χ1v) is 10.9. The van der Waals surface area contributed by atoms with Crippen LogP contribution < -0.4 is 15.8 Å². The zero-order valence-corrected chi connectivity index (χ0v) is 18.0. The average molecular weight is 466 g/mol. The van der Waals surface area contributed by atoms with Gasteiger partial charge in [-0.3, -0.25) is 14.2 Å². The minimum absolute atomic E-state index is 0.298. The molecule has 0 atom stereocenters. The lowest BCUT2D eigenvalue weighted by atomic mass is 10.1. The van der Waals surface area contributed by atoms with Gasteiger partial charge >= 0.3 is 6.18 Å². The van der Waals surface area contributed by atoms with Gasteiger partial charge in [-0.1, -0.05) is 30.4 Å². The molecule has 0 saturated carbocycles. The molecule has 0 bridgehead atoms. The SMILES string of the molecule is CCN1CCN(c2nc3ncn(CC(=O)Nc4ccccc4C(F)(F)F)c(=O)c3s2)CC1. The van der Waals surface area contributed by atoms with Crippen LogP contribution in [0.4, 0.5) is 24.0 Å². The molecule has 1 N–H and O–H groups in total. The third kappa shape index (κ3) is 4.60. The zero-order chi connectivity index (χ0) is 22.9. The summed E-state index contributed by atoms with van der Waals surface area (Å²) in [7, 11) is 0. The molecule has 1 amide bonds. The Hall–Kier alpha value is -2.99. The van der Waals surface area contributed by atoms with E-state index in [-0.39, 0.29) is 5.69 Å². The Labute approximate surface area is 185 Å². The molecule has 170 valence electrons. The lowest BCUT2D eigenvalue weighted by molar-refractivity contribution is -0.137. The van der Waals surface area contributed by atoms with Crippen molar-refractivity contribution in [1.82, 2.24) is 19.4 Å². The van der Waals surface area contributed by atoms with E-state index >= 15 is 0 Å². The van der Waals surface area contributed by atoms with Crippen molar-refractivity contribution in [3.8, 4) is 0 Å². The van der Waals surface area contributed by atoms with Crippen molar-refractivity contribution in [3.05, 3.63) is 46.5 Å². The van der Waals surface area contributed by atoms with E-state index in [0.29, 0.717) is 15.5 Å². The molecule has 1 aliphatic rings. The number of hydrogen-bond acceptors (Lipinski definition) is 7. The average Bonchev–Trinajstić information content (AvgIpc) is 3.21. The number of fused-ring (bicyclic) bond motifs is 1. The molecule has 2 aromatic heterocycles. The van der Waals surface area contributed by atoms with E-state index in [0.717, 1.165) is 43.4 Å². The number of nitrogens with one attached hydrogen (secondary N) is 1. The molecule has 32 heavy (non-hydrogen) atoms. The summed E-state index contributed by atoms with van der Waals surface area (Å²) in [5.41, 5.74) is -1.47. The first-order valence-electron chi connectivity index (χ1n) is 10.1. The number of carbonyl (C=O) groups excluding carboxylic acids is 1. The molecule has 4 rings (SSSR count). The number of para-hydroxylation sites is 1.